The molecule has 4 nitrogen and oxygen atoms in total. The van der Waals surface area contributed by atoms with Gasteiger partial charge in [0.05, 0.1) is 11.6 Å². The molecule has 2 aromatic heterocycles. The number of nitrogens with two attached hydrogens (primary N) is 1. The van der Waals surface area contributed by atoms with Gasteiger partial charge in [0.1, 0.15) is 11.4 Å². The molecule has 2 N–H and O–H groups in total. The second-order valence-corrected chi connectivity index (χ2v) is 9.66. The van der Waals surface area contributed by atoms with E-state index in [0.29, 0.717) is 22.8 Å². The van der Waals surface area contributed by atoms with Crippen LogP contribution in [0.5, 0.6) is 0 Å². The number of halogens is 2. The van der Waals surface area contributed by atoms with E-state index in [1.807, 2.05) is 18.3 Å². The summed E-state index contributed by atoms with van der Waals surface area (Å²) in [5, 5.41) is 0.561. The van der Waals surface area contributed by atoms with Gasteiger partial charge in [0.2, 0.25) is 0 Å². The first-order valence-corrected chi connectivity index (χ1v) is 12.4. The van der Waals surface area contributed by atoms with Crippen molar-refractivity contribution >= 4 is 28.9 Å². The van der Waals surface area contributed by atoms with Gasteiger partial charge in [-0.05, 0) is 74.1 Å². The van der Waals surface area contributed by atoms with Crippen molar-refractivity contribution in [3.63, 3.8) is 0 Å². The van der Waals surface area contributed by atoms with Crippen LogP contribution in [-0.2, 0) is 0 Å². The number of furan rings is 1. The van der Waals surface area contributed by atoms with E-state index >= 15 is 0 Å². The van der Waals surface area contributed by atoms with Gasteiger partial charge in [-0.2, -0.15) is 0 Å². The molecule has 1 aliphatic carbocycles. The predicted molar refractivity (Wildman–Crippen MR) is 139 cm³/mol. The van der Waals surface area contributed by atoms with Crippen LogP contribution in [0.15, 0.2) is 59.4 Å². The van der Waals surface area contributed by atoms with Gasteiger partial charge in [-0.3, -0.25) is 9.88 Å². The number of fused-ring (bicyclic) bond motifs is 1. The molecule has 2 aliphatic rings. The van der Waals surface area contributed by atoms with Crippen molar-refractivity contribution in [2.75, 3.05) is 19.6 Å². The Balaban J connectivity index is 0.00000274. The maximum absolute atomic E-state index is 14.0. The third kappa shape index (κ3) is 5.37. The lowest BCUT2D eigenvalue weighted by Crippen LogP contribution is -2.40. The molecule has 5 rings (SSSR count). The first kappa shape index (κ1) is 24.9. The second kappa shape index (κ2) is 11.5. The van der Waals surface area contributed by atoms with Crippen LogP contribution in [0, 0.1) is 11.7 Å². The maximum Gasteiger partial charge on any atom is 0.144 e. The fourth-order valence-electron chi connectivity index (χ4n) is 5.74. The number of nitrogens with zero attached hydrogens (tertiary/aromatic N) is 2. The molecule has 0 amide bonds. The molecular weight excluding hydrogens is 449 g/mol. The average Bonchev–Trinajstić information content (AvgIpc) is 3.37. The van der Waals surface area contributed by atoms with Crippen LogP contribution in [0.1, 0.15) is 62.1 Å². The van der Waals surface area contributed by atoms with Gasteiger partial charge in [-0.25, -0.2) is 4.39 Å². The summed E-state index contributed by atoms with van der Waals surface area (Å²) in [7, 11) is 0. The van der Waals surface area contributed by atoms with Crippen molar-refractivity contribution in [3.05, 3.63) is 72.0 Å². The second-order valence-electron chi connectivity index (χ2n) is 9.66. The highest BCUT2D eigenvalue weighted by molar-refractivity contribution is 5.90. The van der Waals surface area contributed by atoms with Crippen molar-refractivity contribution in [2.24, 2.45) is 11.7 Å². The van der Waals surface area contributed by atoms with E-state index in [-0.39, 0.29) is 24.3 Å². The summed E-state index contributed by atoms with van der Waals surface area (Å²) in [6, 6.07) is 11.5. The van der Waals surface area contributed by atoms with Crippen LogP contribution in [0.2, 0.25) is 0 Å². The third-order valence-corrected chi connectivity index (χ3v) is 7.69. The summed E-state index contributed by atoms with van der Waals surface area (Å²) in [6.45, 7) is 2.88. The molecule has 34 heavy (non-hydrogen) atoms. The van der Waals surface area contributed by atoms with Crippen LogP contribution in [0.25, 0.3) is 16.5 Å². The predicted octanol–water partition coefficient (Wildman–Crippen LogP) is 6.56. The number of rotatable bonds is 7. The van der Waals surface area contributed by atoms with Gasteiger partial charge in [-0.1, -0.05) is 31.4 Å². The normalized spacial score (nSPS) is 19.4. The highest BCUT2D eigenvalue weighted by atomic mass is 35.5. The molecule has 1 fully saturated rings. The molecule has 3 heterocycles. The highest BCUT2D eigenvalue weighted by Gasteiger charge is 2.30. The summed E-state index contributed by atoms with van der Waals surface area (Å²) in [5.41, 5.74) is 10.9. The summed E-state index contributed by atoms with van der Waals surface area (Å²) < 4.78 is 19.6. The molecule has 2 unspecified atom stereocenters. The Morgan fingerprint density at radius 3 is 2.71 bits per heavy atom. The topological polar surface area (TPSA) is 55.3 Å². The number of benzene rings is 1. The zero-order chi connectivity index (χ0) is 22.6. The molecule has 0 radical (unpaired) electrons. The van der Waals surface area contributed by atoms with Gasteiger partial charge < -0.3 is 10.2 Å². The number of pyridine rings is 1. The molecule has 0 spiro atoms. The van der Waals surface area contributed by atoms with E-state index in [1.165, 1.54) is 37.7 Å². The zero-order valence-corrected chi connectivity index (χ0v) is 20.5. The molecule has 0 saturated heterocycles. The minimum atomic E-state index is -0.226. The molecule has 0 bridgehead atoms. The van der Waals surface area contributed by atoms with E-state index < -0.39 is 0 Å². The lowest BCUT2D eigenvalue weighted by molar-refractivity contribution is 0.239. The standard InChI is InChI=1S/C28H34FN3O.ClH/c29-25-10-9-22(28-23(25)14-19-33-28)20-11-16-32(17-12-20)18-13-24(26-8-4-5-15-31-26)27(30)21-6-2-1-3-7-21;/h4-5,8-11,14-15,19,21,24,27H,1-3,6-7,12-13,16-18,30H2;1H. The molecule has 3 aromatic rings. The number of hydrogen-bond acceptors (Lipinski definition) is 4. The van der Waals surface area contributed by atoms with Gasteiger partial charge in [0.25, 0.3) is 0 Å². The lowest BCUT2D eigenvalue weighted by Gasteiger charge is -2.35. The van der Waals surface area contributed by atoms with Crippen molar-refractivity contribution in [1.29, 1.82) is 0 Å². The first-order chi connectivity index (χ1) is 16.2. The first-order valence-electron chi connectivity index (χ1n) is 12.4. The minimum absolute atomic E-state index is 0. The number of aromatic nitrogens is 1. The molecule has 2 atom stereocenters. The van der Waals surface area contributed by atoms with Gasteiger partial charge in [-0.15, -0.1) is 12.4 Å². The SMILES string of the molecule is Cl.NC(C1CCCCC1)C(CCN1CC=C(c2ccc(F)c3ccoc23)CC1)c1ccccn1. The Morgan fingerprint density at radius 1 is 1.12 bits per heavy atom. The van der Waals surface area contributed by atoms with Crippen molar-refractivity contribution < 1.29 is 8.81 Å². The molecule has 1 aliphatic heterocycles. The Labute approximate surface area is 207 Å². The molecule has 1 saturated carbocycles. The van der Waals surface area contributed by atoms with E-state index in [0.717, 1.165) is 43.7 Å². The Hall–Kier alpha value is -2.21. The van der Waals surface area contributed by atoms with Crippen molar-refractivity contribution in [2.45, 2.75) is 56.9 Å². The summed E-state index contributed by atoms with van der Waals surface area (Å²) in [5.74, 6) is 0.669. The van der Waals surface area contributed by atoms with Crippen LogP contribution >= 0.6 is 12.4 Å². The smallest absolute Gasteiger partial charge is 0.144 e. The molecule has 182 valence electrons. The Bertz CT molecular complexity index is 1090. The van der Waals surface area contributed by atoms with E-state index in [9.17, 15) is 4.39 Å². The number of hydrogen-bond donors (Lipinski definition) is 1. The Morgan fingerprint density at radius 2 is 1.97 bits per heavy atom. The largest absolute Gasteiger partial charge is 0.464 e. The zero-order valence-electron chi connectivity index (χ0n) is 19.7. The monoisotopic (exact) mass is 483 g/mol. The summed E-state index contributed by atoms with van der Waals surface area (Å²) >= 11 is 0. The van der Waals surface area contributed by atoms with Crippen LogP contribution < -0.4 is 5.73 Å². The highest BCUT2D eigenvalue weighted by Crippen LogP contribution is 2.35. The van der Waals surface area contributed by atoms with Crippen molar-refractivity contribution in [3.8, 4) is 0 Å². The van der Waals surface area contributed by atoms with Crippen LogP contribution in [0.3, 0.4) is 0 Å². The summed E-state index contributed by atoms with van der Waals surface area (Å²) in [6.07, 6.45) is 14.1. The van der Waals surface area contributed by atoms with Gasteiger partial charge in [0, 0.05) is 42.5 Å². The fourth-order valence-corrected chi connectivity index (χ4v) is 5.74. The van der Waals surface area contributed by atoms with Gasteiger partial charge >= 0.3 is 0 Å². The molecular formula is C28H35ClFN3O. The Kier molecular flexibility index (Phi) is 8.41. The lowest BCUT2D eigenvalue weighted by atomic mass is 9.77. The molecule has 1 aromatic carbocycles. The van der Waals surface area contributed by atoms with E-state index in [2.05, 4.69) is 28.1 Å². The minimum Gasteiger partial charge on any atom is -0.464 e. The van der Waals surface area contributed by atoms with E-state index in [4.69, 9.17) is 10.2 Å². The fraction of sp³-hybridized carbons (Fsp3) is 0.464. The van der Waals surface area contributed by atoms with E-state index in [1.54, 1.807) is 18.4 Å². The van der Waals surface area contributed by atoms with Crippen LogP contribution in [0.4, 0.5) is 4.39 Å². The average molecular weight is 484 g/mol. The summed E-state index contributed by atoms with van der Waals surface area (Å²) in [4.78, 5) is 7.19. The third-order valence-electron chi connectivity index (χ3n) is 7.69. The molecule has 6 heteroatoms. The van der Waals surface area contributed by atoms with Crippen molar-refractivity contribution in [1.82, 2.24) is 9.88 Å². The maximum atomic E-state index is 14.0. The quantitative estimate of drug-likeness (QED) is 0.413. The van der Waals surface area contributed by atoms with Crippen LogP contribution in [-0.4, -0.2) is 35.6 Å². The van der Waals surface area contributed by atoms with Gasteiger partial charge in [0.15, 0.2) is 0 Å².